The topological polar surface area (TPSA) is 99.4 Å². The summed E-state index contributed by atoms with van der Waals surface area (Å²) in [4.78, 5) is 0. The van der Waals surface area contributed by atoms with Gasteiger partial charge in [-0.05, 0) is 99.7 Å². The molecular weight excluding hydrogens is 468 g/mol. The maximum atomic E-state index is 12.1. The van der Waals surface area contributed by atoms with E-state index in [4.69, 9.17) is 9.47 Å². The van der Waals surface area contributed by atoms with Crippen LogP contribution in [-0.4, -0.2) is 63.8 Å². The molecule has 6 fully saturated rings. The highest BCUT2D eigenvalue weighted by Gasteiger charge is 2.76. The maximum absolute atomic E-state index is 12.1. The van der Waals surface area contributed by atoms with Crippen molar-refractivity contribution in [2.24, 2.45) is 45.3 Å². The number of fused-ring (bicyclic) bond motifs is 5. The van der Waals surface area contributed by atoms with Gasteiger partial charge < -0.3 is 29.9 Å². The van der Waals surface area contributed by atoms with Crippen LogP contribution in [0.1, 0.15) is 93.4 Å². The van der Waals surface area contributed by atoms with Crippen LogP contribution in [0.4, 0.5) is 0 Å². The predicted octanol–water partition coefficient (Wildman–Crippen LogP) is 4.43. The van der Waals surface area contributed by atoms with Gasteiger partial charge >= 0.3 is 0 Å². The van der Waals surface area contributed by atoms with Crippen LogP contribution in [0.25, 0.3) is 0 Å². The van der Waals surface area contributed by atoms with Gasteiger partial charge in [0, 0.05) is 18.4 Å². The van der Waals surface area contributed by atoms with Gasteiger partial charge in [-0.15, -0.1) is 0 Å². The highest BCUT2D eigenvalue weighted by molar-refractivity contribution is 5.25. The normalized spacial score (nSPS) is 50.7. The minimum Gasteiger partial charge on any atom is -0.393 e. The fraction of sp³-hybridized carbons (Fsp3) is 0.935. The first-order chi connectivity index (χ1) is 17.1. The van der Waals surface area contributed by atoms with Crippen LogP contribution in [-0.2, 0) is 9.47 Å². The Kier molecular flexibility index (Phi) is 6.63. The standard InChI is InChI=1S/C31H52O6/c1-17(15-21(33)25(34)28(4,5)35)18-9-12-29(6)19(18)16-20(32)24-30(29,7)13-10-22-27(2,3)23-11-14-31(22,24)26(36-8)37-23/h15,18-26,32-35H,9-14,16H2,1-8H3/b17-15-/t18-,19-,20-,21+,22+,23+,24+,25?,26?,29-,30-,31-/m1/s1. The van der Waals surface area contributed by atoms with Gasteiger partial charge in [0.25, 0.3) is 0 Å². The fourth-order valence-electron chi connectivity index (χ4n) is 11.0. The number of methoxy groups -OCH3 is 1. The Morgan fingerprint density at radius 2 is 1.68 bits per heavy atom. The van der Waals surface area contributed by atoms with Gasteiger partial charge in [0.05, 0.1) is 17.8 Å². The minimum atomic E-state index is -1.38. The molecule has 2 bridgehead atoms. The SMILES string of the molecule is COC1O[C@H]2CC[C@@]13[C@H]1[C@H](O)C[C@@H]4[C@@H](/C(C)=C\[C@H](O)C(O)C(C)(C)O)CC[C@@]4(C)[C@]1(C)CC[C@H]3C2(C)C. The molecule has 2 unspecified atom stereocenters. The van der Waals surface area contributed by atoms with E-state index < -0.39 is 23.9 Å². The fourth-order valence-corrected chi connectivity index (χ4v) is 11.0. The van der Waals surface area contributed by atoms with E-state index >= 15 is 0 Å². The second-order valence-corrected chi connectivity index (χ2v) is 15.1. The summed E-state index contributed by atoms with van der Waals surface area (Å²) < 4.78 is 12.7. The first-order valence-electron chi connectivity index (χ1n) is 14.7. The summed E-state index contributed by atoms with van der Waals surface area (Å²) in [6.07, 6.45) is 6.07. The highest BCUT2D eigenvalue weighted by Crippen LogP contribution is 2.78. The molecule has 2 heterocycles. The molecule has 0 radical (unpaired) electrons. The average molecular weight is 521 g/mol. The Balaban J connectivity index is 1.50. The molecule has 212 valence electrons. The molecule has 6 nitrogen and oxygen atoms in total. The second kappa shape index (κ2) is 8.75. The summed E-state index contributed by atoms with van der Waals surface area (Å²) in [7, 11) is 1.78. The van der Waals surface area contributed by atoms with E-state index in [1.165, 1.54) is 13.8 Å². The molecule has 0 aromatic carbocycles. The van der Waals surface area contributed by atoms with Crippen LogP contribution >= 0.6 is 0 Å². The predicted molar refractivity (Wildman–Crippen MR) is 142 cm³/mol. The summed E-state index contributed by atoms with van der Waals surface area (Å²) in [5.74, 6) is 1.14. The largest absolute Gasteiger partial charge is 0.393 e. The van der Waals surface area contributed by atoms with Crippen LogP contribution in [0.2, 0.25) is 0 Å². The molecule has 12 atom stereocenters. The summed E-state index contributed by atoms with van der Waals surface area (Å²) in [6.45, 7) is 14.7. The average Bonchev–Trinajstić information content (AvgIpc) is 3.15. The van der Waals surface area contributed by atoms with Crippen molar-refractivity contribution < 1.29 is 29.9 Å². The molecule has 0 aromatic heterocycles. The van der Waals surface area contributed by atoms with Crippen molar-refractivity contribution in [3.8, 4) is 0 Å². The van der Waals surface area contributed by atoms with E-state index in [0.29, 0.717) is 11.8 Å². The number of rotatable bonds is 5. The molecule has 2 aliphatic heterocycles. The van der Waals surface area contributed by atoms with Gasteiger partial charge in [0.15, 0.2) is 6.29 Å². The van der Waals surface area contributed by atoms with Gasteiger partial charge in [-0.1, -0.05) is 39.3 Å². The molecule has 4 saturated carbocycles. The number of aliphatic hydroxyl groups excluding tert-OH is 3. The first-order valence-corrected chi connectivity index (χ1v) is 14.7. The van der Waals surface area contributed by atoms with Crippen molar-refractivity contribution in [1.82, 2.24) is 0 Å². The Hall–Kier alpha value is -0.500. The smallest absolute Gasteiger partial charge is 0.163 e. The van der Waals surface area contributed by atoms with Crippen molar-refractivity contribution in [2.75, 3.05) is 7.11 Å². The molecule has 6 aliphatic rings. The van der Waals surface area contributed by atoms with Crippen LogP contribution < -0.4 is 0 Å². The second-order valence-electron chi connectivity index (χ2n) is 15.1. The van der Waals surface area contributed by atoms with Crippen LogP contribution in [0.3, 0.4) is 0 Å². The summed E-state index contributed by atoms with van der Waals surface area (Å²) >= 11 is 0. The lowest BCUT2D eigenvalue weighted by molar-refractivity contribution is -0.390. The Morgan fingerprint density at radius 1 is 1.03 bits per heavy atom. The number of aliphatic hydroxyl groups is 4. The van der Waals surface area contributed by atoms with Gasteiger partial charge in [0.2, 0.25) is 0 Å². The van der Waals surface area contributed by atoms with Crippen molar-refractivity contribution in [1.29, 1.82) is 0 Å². The lowest BCUT2D eigenvalue weighted by Gasteiger charge is -2.74. The van der Waals surface area contributed by atoms with Crippen molar-refractivity contribution in [2.45, 2.75) is 130 Å². The molecule has 0 amide bonds. The van der Waals surface area contributed by atoms with E-state index in [-0.39, 0.29) is 45.9 Å². The molecule has 4 N–H and O–H groups in total. The lowest BCUT2D eigenvalue weighted by atomic mass is 9.33. The molecular formula is C31H52O6. The molecule has 0 aromatic rings. The Morgan fingerprint density at radius 3 is 2.30 bits per heavy atom. The first kappa shape index (κ1) is 28.0. The zero-order chi connectivity index (χ0) is 27.3. The van der Waals surface area contributed by atoms with Crippen molar-refractivity contribution in [3.63, 3.8) is 0 Å². The van der Waals surface area contributed by atoms with E-state index in [2.05, 4.69) is 27.7 Å². The van der Waals surface area contributed by atoms with Gasteiger partial charge in [-0.25, -0.2) is 0 Å². The summed E-state index contributed by atoms with van der Waals surface area (Å²) in [5, 5.41) is 43.4. The number of ether oxygens (including phenoxy) is 2. The van der Waals surface area contributed by atoms with Crippen molar-refractivity contribution in [3.05, 3.63) is 11.6 Å². The van der Waals surface area contributed by atoms with E-state index in [0.717, 1.165) is 50.5 Å². The number of hydrogen-bond donors (Lipinski definition) is 4. The quantitative estimate of drug-likeness (QED) is 0.400. The molecule has 1 spiro atoms. The zero-order valence-electron chi connectivity index (χ0n) is 24.3. The molecule has 37 heavy (non-hydrogen) atoms. The summed E-state index contributed by atoms with van der Waals surface area (Å²) in [6, 6.07) is 0. The number of hydrogen-bond acceptors (Lipinski definition) is 6. The third kappa shape index (κ3) is 3.65. The third-order valence-electron chi connectivity index (χ3n) is 12.9. The summed E-state index contributed by atoms with van der Waals surface area (Å²) in [5.41, 5.74) is -0.431. The van der Waals surface area contributed by atoms with E-state index in [1.807, 2.05) is 6.92 Å². The third-order valence-corrected chi connectivity index (χ3v) is 12.9. The molecule has 4 aliphatic carbocycles. The molecule has 6 rings (SSSR count). The Bertz CT molecular complexity index is 923. The molecule has 6 heteroatoms. The van der Waals surface area contributed by atoms with E-state index in [9.17, 15) is 20.4 Å². The number of allylic oxidation sites excluding steroid dienone is 1. The van der Waals surface area contributed by atoms with E-state index in [1.54, 1.807) is 13.2 Å². The molecule has 2 saturated heterocycles. The van der Waals surface area contributed by atoms with Crippen LogP contribution in [0.15, 0.2) is 11.6 Å². The lowest BCUT2D eigenvalue weighted by Crippen LogP contribution is -2.74. The van der Waals surface area contributed by atoms with Gasteiger partial charge in [-0.3, -0.25) is 0 Å². The monoisotopic (exact) mass is 520 g/mol. The zero-order valence-corrected chi connectivity index (χ0v) is 24.3. The van der Waals surface area contributed by atoms with Gasteiger partial charge in [-0.2, -0.15) is 0 Å². The van der Waals surface area contributed by atoms with Crippen LogP contribution in [0.5, 0.6) is 0 Å². The highest BCUT2D eigenvalue weighted by atomic mass is 16.7. The van der Waals surface area contributed by atoms with Gasteiger partial charge in [0.1, 0.15) is 12.2 Å². The van der Waals surface area contributed by atoms with Crippen LogP contribution in [0, 0.1) is 45.3 Å². The Labute approximate surface area is 223 Å². The van der Waals surface area contributed by atoms with Crippen molar-refractivity contribution >= 4 is 0 Å². The minimum absolute atomic E-state index is 0.0485. The maximum Gasteiger partial charge on any atom is 0.163 e.